The van der Waals surface area contributed by atoms with E-state index >= 15 is 0 Å². The van der Waals surface area contributed by atoms with Crippen LogP contribution in [0.1, 0.15) is 5.56 Å². The zero-order chi connectivity index (χ0) is 19.8. The van der Waals surface area contributed by atoms with Crippen molar-refractivity contribution in [2.24, 2.45) is 14.1 Å². The van der Waals surface area contributed by atoms with Crippen LogP contribution in [0.2, 0.25) is 0 Å². The first-order valence-corrected chi connectivity index (χ1v) is 9.07. The summed E-state index contributed by atoms with van der Waals surface area (Å²) in [6, 6.07) is 14.0. The molecule has 0 N–H and O–H groups in total. The number of piperazine rings is 1. The van der Waals surface area contributed by atoms with Gasteiger partial charge in [-0.05, 0) is 18.2 Å². The summed E-state index contributed by atoms with van der Waals surface area (Å²) in [6.45, 7) is 2.53. The van der Waals surface area contributed by atoms with Crippen molar-refractivity contribution in [3.8, 4) is 6.07 Å². The second kappa shape index (κ2) is 6.85. The van der Waals surface area contributed by atoms with Gasteiger partial charge in [0.1, 0.15) is 17.7 Å². The summed E-state index contributed by atoms with van der Waals surface area (Å²) in [5.41, 5.74) is -0.0399. The number of nitriles is 1. The molecule has 0 aliphatic carbocycles. The van der Waals surface area contributed by atoms with Gasteiger partial charge in [-0.1, -0.05) is 18.2 Å². The van der Waals surface area contributed by atoms with E-state index < -0.39 is 11.2 Å². The highest BCUT2D eigenvalue weighted by atomic mass is 16.2. The molecule has 1 aromatic carbocycles. The maximum atomic E-state index is 12.3. The van der Waals surface area contributed by atoms with Crippen LogP contribution in [0.25, 0.3) is 10.9 Å². The van der Waals surface area contributed by atoms with Gasteiger partial charge in [0.2, 0.25) is 0 Å². The van der Waals surface area contributed by atoms with Crippen molar-refractivity contribution in [1.82, 2.24) is 14.1 Å². The molecular formula is C20H20N6O2. The molecule has 3 aromatic rings. The number of benzene rings is 1. The Morgan fingerprint density at radius 1 is 0.929 bits per heavy atom. The number of anilines is 2. The molecular weight excluding hydrogens is 356 g/mol. The Morgan fingerprint density at radius 3 is 2.32 bits per heavy atom. The second-order valence-electron chi connectivity index (χ2n) is 6.85. The van der Waals surface area contributed by atoms with Gasteiger partial charge in [-0.3, -0.25) is 13.9 Å². The fraction of sp³-hybridized carbons (Fsp3) is 0.300. The zero-order valence-corrected chi connectivity index (χ0v) is 15.8. The van der Waals surface area contributed by atoms with Crippen molar-refractivity contribution >= 4 is 22.5 Å². The predicted octanol–water partition coefficient (Wildman–Crippen LogP) is 0.830. The van der Waals surface area contributed by atoms with E-state index in [1.165, 1.54) is 11.6 Å². The van der Waals surface area contributed by atoms with Gasteiger partial charge < -0.3 is 9.80 Å². The monoisotopic (exact) mass is 376 g/mol. The molecule has 1 aliphatic heterocycles. The lowest BCUT2D eigenvalue weighted by atomic mass is 10.2. The maximum absolute atomic E-state index is 12.3. The summed E-state index contributed by atoms with van der Waals surface area (Å²) < 4.78 is 2.35. The highest BCUT2D eigenvalue weighted by molar-refractivity contribution is 5.80. The number of nitrogens with zero attached hydrogens (tertiary/aromatic N) is 6. The van der Waals surface area contributed by atoms with Crippen molar-refractivity contribution in [2.75, 3.05) is 36.0 Å². The molecule has 142 valence electrons. The molecule has 8 nitrogen and oxygen atoms in total. The molecule has 0 unspecified atom stereocenters. The van der Waals surface area contributed by atoms with E-state index in [1.807, 2.05) is 41.3 Å². The number of para-hydroxylation sites is 1. The Balaban J connectivity index is 1.62. The average molecular weight is 376 g/mol. The molecule has 4 rings (SSSR count). The molecule has 2 aromatic heterocycles. The lowest BCUT2D eigenvalue weighted by Gasteiger charge is -2.37. The van der Waals surface area contributed by atoms with E-state index in [2.05, 4.69) is 11.0 Å². The van der Waals surface area contributed by atoms with Crippen LogP contribution in [0.5, 0.6) is 0 Å². The third-order valence-corrected chi connectivity index (χ3v) is 5.23. The molecule has 8 heteroatoms. The number of fused-ring (bicyclic) bond motifs is 1. The lowest BCUT2D eigenvalue weighted by Crippen LogP contribution is -2.50. The van der Waals surface area contributed by atoms with Crippen LogP contribution < -0.4 is 21.0 Å². The first-order valence-electron chi connectivity index (χ1n) is 9.07. The Bertz CT molecular complexity index is 1210. The summed E-state index contributed by atoms with van der Waals surface area (Å²) in [7, 11) is 2.98. The number of pyridine rings is 1. The van der Waals surface area contributed by atoms with Gasteiger partial charge in [0.25, 0.3) is 5.56 Å². The summed E-state index contributed by atoms with van der Waals surface area (Å²) in [6.07, 6.45) is 0. The molecule has 28 heavy (non-hydrogen) atoms. The minimum Gasteiger partial charge on any atom is -0.353 e. The molecule has 1 fully saturated rings. The fourth-order valence-electron chi connectivity index (χ4n) is 3.68. The van der Waals surface area contributed by atoms with Crippen LogP contribution in [-0.2, 0) is 14.1 Å². The smallest absolute Gasteiger partial charge is 0.332 e. The van der Waals surface area contributed by atoms with Gasteiger partial charge in [0.05, 0.1) is 5.52 Å². The van der Waals surface area contributed by atoms with Gasteiger partial charge >= 0.3 is 5.69 Å². The third-order valence-electron chi connectivity index (χ3n) is 5.23. The summed E-state index contributed by atoms with van der Waals surface area (Å²) in [5, 5.41) is 10.6. The Morgan fingerprint density at radius 2 is 1.61 bits per heavy atom. The van der Waals surface area contributed by atoms with Gasteiger partial charge in [-0.25, -0.2) is 9.78 Å². The number of hydrogen-bond acceptors (Lipinski definition) is 6. The summed E-state index contributed by atoms with van der Waals surface area (Å²) in [4.78, 5) is 33.5. The van der Waals surface area contributed by atoms with Gasteiger partial charge in [-0.2, -0.15) is 5.26 Å². The van der Waals surface area contributed by atoms with Crippen molar-refractivity contribution < 1.29 is 0 Å². The van der Waals surface area contributed by atoms with Crippen LogP contribution >= 0.6 is 0 Å². The van der Waals surface area contributed by atoms with Crippen LogP contribution in [0.15, 0.2) is 46.0 Å². The highest BCUT2D eigenvalue weighted by Gasteiger charge is 2.25. The first-order chi connectivity index (χ1) is 13.5. The molecule has 0 atom stereocenters. The van der Waals surface area contributed by atoms with E-state index in [9.17, 15) is 14.9 Å². The topological polar surface area (TPSA) is 87.2 Å². The van der Waals surface area contributed by atoms with Crippen LogP contribution in [-0.4, -0.2) is 40.3 Å². The maximum Gasteiger partial charge on any atom is 0.332 e. The van der Waals surface area contributed by atoms with Crippen molar-refractivity contribution in [3.05, 3.63) is 62.8 Å². The van der Waals surface area contributed by atoms with Crippen LogP contribution in [0.4, 0.5) is 11.6 Å². The molecule has 1 aliphatic rings. The molecule has 0 amide bonds. The molecule has 3 heterocycles. The minimum absolute atomic E-state index is 0.00174. The predicted molar refractivity (Wildman–Crippen MR) is 108 cm³/mol. The second-order valence-corrected chi connectivity index (χ2v) is 6.85. The molecule has 1 saturated heterocycles. The normalized spacial score (nSPS) is 14.3. The molecule has 0 saturated carbocycles. The van der Waals surface area contributed by atoms with Gasteiger partial charge in [0, 0.05) is 45.7 Å². The van der Waals surface area contributed by atoms with Crippen molar-refractivity contribution in [1.29, 1.82) is 5.26 Å². The first kappa shape index (κ1) is 17.8. The Labute approximate surface area is 161 Å². The van der Waals surface area contributed by atoms with Crippen molar-refractivity contribution in [3.63, 3.8) is 0 Å². The quantitative estimate of drug-likeness (QED) is 0.658. The van der Waals surface area contributed by atoms with Crippen LogP contribution in [0, 0.1) is 11.3 Å². The largest absolute Gasteiger partial charge is 0.353 e. The van der Waals surface area contributed by atoms with E-state index in [1.54, 1.807) is 7.05 Å². The SMILES string of the molecule is Cn1c(N2CCN(c3ccc4ccccc4n3)CC2)c(C#N)c(=O)n(C)c1=O. The standard InChI is InChI=1S/C20H20N6O2/c1-23-18(15(13-21)19(27)24(2)20(23)28)26-11-9-25(10-12-26)17-8-7-14-5-3-4-6-16(14)22-17/h3-8H,9-12H2,1-2H3. The highest BCUT2D eigenvalue weighted by Crippen LogP contribution is 2.22. The molecule has 0 radical (unpaired) electrons. The number of hydrogen-bond donors (Lipinski definition) is 0. The number of rotatable bonds is 2. The zero-order valence-electron chi connectivity index (χ0n) is 15.8. The third kappa shape index (κ3) is 2.81. The van der Waals surface area contributed by atoms with Crippen molar-refractivity contribution in [2.45, 2.75) is 0 Å². The van der Waals surface area contributed by atoms with E-state index in [0.29, 0.717) is 32.0 Å². The number of aromatic nitrogens is 3. The van der Waals surface area contributed by atoms with E-state index in [4.69, 9.17) is 4.98 Å². The summed E-state index contributed by atoms with van der Waals surface area (Å²) >= 11 is 0. The Kier molecular flexibility index (Phi) is 4.35. The average Bonchev–Trinajstić information content (AvgIpc) is 2.74. The minimum atomic E-state index is -0.556. The lowest BCUT2D eigenvalue weighted by molar-refractivity contribution is 0.606. The summed E-state index contributed by atoms with van der Waals surface area (Å²) in [5.74, 6) is 1.29. The molecule has 0 spiro atoms. The molecule has 0 bridgehead atoms. The Hall–Kier alpha value is -3.60. The van der Waals surface area contributed by atoms with Gasteiger partial charge in [0.15, 0.2) is 5.56 Å². The van der Waals surface area contributed by atoms with Crippen LogP contribution in [0.3, 0.4) is 0 Å². The van der Waals surface area contributed by atoms with E-state index in [-0.39, 0.29) is 5.56 Å². The fourth-order valence-corrected chi connectivity index (χ4v) is 3.68. The van der Waals surface area contributed by atoms with Gasteiger partial charge in [-0.15, -0.1) is 0 Å². The van der Waals surface area contributed by atoms with E-state index in [0.717, 1.165) is 21.3 Å².